The Balaban J connectivity index is 3.13. The maximum atomic E-state index is 12.5. The Morgan fingerprint density at radius 1 is 1.07 bits per heavy atom. The third-order valence-electron chi connectivity index (χ3n) is 4.10. The molecule has 150 valence electrons. The molecule has 1 aromatic carbocycles. The number of carbonyl (C=O) groups is 2. The summed E-state index contributed by atoms with van der Waals surface area (Å²) in [5, 5.41) is 10.4. The van der Waals surface area contributed by atoms with Gasteiger partial charge in [-0.2, -0.15) is 0 Å². The maximum absolute atomic E-state index is 12.5. The van der Waals surface area contributed by atoms with Crippen molar-refractivity contribution in [2.24, 2.45) is 17.8 Å². The number of hydrogen-bond acceptors (Lipinski definition) is 5. The molecule has 0 spiro atoms. The fraction of sp³-hybridized carbons (Fsp3) is 0.545. The summed E-state index contributed by atoms with van der Waals surface area (Å²) in [7, 11) is 0. The smallest absolute Gasteiger partial charge is 0.314 e. The summed E-state index contributed by atoms with van der Waals surface area (Å²) in [5.74, 6) is -1.75. The highest BCUT2D eigenvalue weighted by atomic mass is 16.6. The number of ketones is 1. The van der Waals surface area contributed by atoms with Crippen molar-refractivity contribution in [1.82, 2.24) is 0 Å². The number of aliphatic hydroxyl groups excluding tert-OH is 1. The van der Waals surface area contributed by atoms with Crippen LogP contribution in [0.2, 0.25) is 0 Å². The number of Topliss-reactive ketones (excluding diaryl/α,β-unsaturated/α-hetero) is 1. The van der Waals surface area contributed by atoms with Gasteiger partial charge in [-0.05, 0) is 25.3 Å². The molecule has 1 N–H and O–H groups in total. The van der Waals surface area contributed by atoms with Crippen molar-refractivity contribution in [3.05, 3.63) is 42.0 Å². The van der Waals surface area contributed by atoms with Crippen LogP contribution in [0.5, 0.6) is 0 Å². The molecule has 0 saturated heterocycles. The van der Waals surface area contributed by atoms with Crippen LogP contribution in [0.4, 0.5) is 0 Å². The normalized spacial score (nSPS) is 14.9. The van der Waals surface area contributed by atoms with Crippen LogP contribution in [0.25, 0.3) is 6.08 Å². The molecule has 0 aliphatic carbocycles. The molecule has 1 aromatic rings. The summed E-state index contributed by atoms with van der Waals surface area (Å²) < 4.78 is 10.4. The van der Waals surface area contributed by atoms with Gasteiger partial charge in [0.2, 0.25) is 0 Å². The van der Waals surface area contributed by atoms with Gasteiger partial charge in [0.25, 0.3) is 0 Å². The molecule has 0 bridgehead atoms. The lowest BCUT2D eigenvalue weighted by atomic mass is 9.85. The molecule has 5 nitrogen and oxygen atoms in total. The monoisotopic (exact) mass is 376 g/mol. The number of ether oxygens (including phenoxy) is 2. The Morgan fingerprint density at radius 2 is 1.74 bits per heavy atom. The minimum Gasteiger partial charge on any atom is -0.466 e. The molecule has 0 aromatic heterocycles. The number of esters is 1. The Bertz CT molecular complexity index is 594. The minimum absolute atomic E-state index is 0.0470. The van der Waals surface area contributed by atoms with Gasteiger partial charge in [-0.1, -0.05) is 56.3 Å². The van der Waals surface area contributed by atoms with Crippen molar-refractivity contribution < 1.29 is 24.2 Å². The quantitative estimate of drug-likeness (QED) is 0.443. The first-order valence-corrected chi connectivity index (χ1v) is 9.60. The van der Waals surface area contributed by atoms with Crippen molar-refractivity contribution in [1.29, 1.82) is 0 Å². The molecule has 5 heteroatoms. The lowest BCUT2D eigenvalue weighted by molar-refractivity contribution is -0.179. The van der Waals surface area contributed by atoms with Gasteiger partial charge in [0.15, 0.2) is 6.29 Å². The van der Waals surface area contributed by atoms with E-state index in [1.54, 1.807) is 19.9 Å². The fourth-order valence-corrected chi connectivity index (χ4v) is 2.93. The van der Waals surface area contributed by atoms with Crippen LogP contribution in [0.3, 0.4) is 0 Å². The summed E-state index contributed by atoms with van der Waals surface area (Å²) in [6.07, 6.45) is 2.91. The van der Waals surface area contributed by atoms with Crippen LogP contribution in [-0.2, 0) is 19.1 Å². The molecule has 0 aliphatic heterocycles. The summed E-state index contributed by atoms with van der Waals surface area (Å²) >= 11 is 0. The van der Waals surface area contributed by atoms with Crippen molar-refractivity contribution in [3.63, 3.8) is 0 Å². The van der Waals surface area contributed by atoms with E-state index in [0.717, 1.165) is 5.56 Å². The zero-order valence-electron chi connectivity index (χ0n) is 16.8. The van der Waals surface area contributed by atoms with Gasteiger partial charge in [-0.3, -0.25) is 9.59 Å². The predicted octanol–water partition coefficient (Wildman–Crippen LogP) is 3.86. The van der Waals surface area contributed by atoms with Gasteiger partial charge < -0.3 is 14.6 Å². The lowest BCUT2D eigenvalue weighted by Crippen LogP contribution is -2.38. The molecule has 3 unspecified atom stereocenters. The topological polar surface area (TPSA) is 72.8 Å². The lowest BCUT2D eigenvalue weighted by Gasteiger charge is -2.27. The van der Waals surface area contributed by atoms with Crippen molar-refractivity contribution in [3.8, 4) is 0 Å². The second-order valence-electron chi connectivity index (χ2n) is 6.90. The van der Waals surface area contributed by atoms with E-state index in [0.29, 0.717) is 6.42 Å². The largest absolute Gasteiger partial charge is 0.466 e. The molecule has 0 amide bonds. The molecule has 1 rings (SSSR count). The Morgan fingerprint density at radius 3 is 2.30 bits per heavy atom. The molecule has 0 fully saturated rings. The zero-order valence-corrected chi connectivity index (χ0v) is 16.8. The summed E-state index contributed by atoms with van der Waals surface area (Å²) in [4.78, 5) is 24.9. The van der Waals surface area contributed by atoms with Crippen LogP contribution in [0, 0.1) is 17.8 Å². The molecule has 0 radical (unpaired) electrons. The van der Waals surface area contributed by atoms with Gasteiger partial charge in [0.05, 0.1) is 6.61 Å². The van der Waals surface area contributed by atoms with Crippen LogP contribution in [0.15, 0.2) is 36.4 Å². The van der Waals surface area contributed by atoms with Crippen molar-refractivity contribution in [2.75, 3.05) is 13.2 Å². The fourth-order valence-electron chi connectivity index (χ4n) is 2.93. The van der Waals surface area contributed by atoms with Crippen LogP contribution in [0.1, 0.15) is 46.1 Å². The van der Waals surface area contributed by atoms with E-state index in [9.17, 15) is 14.7 Å². The second kappa shape index (κ2) is 12.4. The number of aliphatic hydroxyl groups is 1. The second-order valence-corrected chi connectivity index (χ2v) is 6.90. The molecule has 0 heterocycles. The third kappa shape index (κ3) is 8.50. The minimum atomic E-state index is -1.33. The molecule has 3 atom stereocenters. The van der Waals surface area contributed by atoms with E-state index in [-0.39, 0.29) is 31.3 Å². The average molecular weight is 376 g/mol. The van der Waals surface area contributed by atoms with Crippen LogP contribution in [-0.4, -0.2) is 36.4 Å². The molecule has 0 aliphatic rings. The van der Waals surface area contributed by atoms with Gasteiger partial charge in [0, 0.05) is 25.4 Å². The first-order valence-electron chi connectivity index (χ1n) is 9.60. The Kier molecular flexibility index (Phi) is 10.6. The molecule has 27 heavy (non-hydrogen) atoms. The first-order chi connectivity index (χ1) is 12.9. The Hall–Kier alpha value is -1.98. The van der Waals surface area contributed by atoms with E-state index in [2.05, 4.69) is 0 Å². The molecular weight excluding hydrogens is 344 g/mol. The van der Waals surface area contributed by atoms with Crippen molar-refractivity contribution >= 4 is 17.8 Å². The van der Waals surface area contributed by atoms with E-state index in [1.807, 2.05) is 50.3 Å². The van der Waals surface area contributed by atoms with Crippen LogP contribution < -0.4 is 0 Å². The SMILES string of the molecule is CCOC(=O)C(C(/C=C/c1ccccc1)CC(=O)CC(C)C)C(O)OCC. The average Bonchev–Trinajstić information content (AvgIpc) is 2.60. The third-order valence-corrected chi connectivity index (χ3v) is 4.10. The van der Waals surface area contributed by atoms with Crippen molar-refractivity contribution in [2.45, 2.75) is 46.8 Å². The summed E-state index contributed by atoms with van der Waals surface area (Å²) in [6, 6.07) is 9.61. The first kappa shape index (κ1) is 23.1. The van der Waals surface area contributed by atoms with Gasteiger partial charge >= 0.3 is 5.97 Å². The number of benzene rings is 1. The van der Waals surface area contributed by atoms with E-state index < -0.39 is 24.1 Å². The number of carbonyl (C=O) groups excluding carboxylic acids is 2. The van der Waals surface area contributed by atoms with Gasteiger partial charge in [0.1, 0.15) is 11.7 Å². The highest BCUT2D eigenvalue weighted by Crippen LogP contribution is 2.26. The van der Waals surface area contributed by atoms with E-state index in [4.69, 9.17) is 9.47 Å². The molecular formula is C22H32O5. The summed E-state index contributed by atoms with van der Waals surface area (Å²) in [5.41, 5.74) is 0.951. The standard InChI is InChI=1S/C22H32O5/c1-5-26-21(24)20(22(25)27-6-2)18(15-19(23)14-16(3)4)13-12-17-10-8-7-9-11-17/h7-13,16,18,20-21,24H,5-6,14-15H2,1-4H3/b13-12+. The number of rotatable bonds is 12. The highest BCUT2D eigenvalue weighted by Gasteiger charge is 2.36. The highest BCUT2D eigenvalue weighted by molar-refractivity contribution is 5.81. The van der Waals surface area contributed by atoms with Gasteiger partial charge in [-0.15, -0.1) is 0 Å². The number of hydrogen-bond donors (Lipinski definition) is 1. The van der Waals surface area contributed by atoms with Crippen LogP contribution >= 0.6 is 0 Å². The number of allylic oxidation sites excluding steroid dienone is 1. The van der Waals surface area contributed by atoms with Gasteiger partial charge in [-0.25, -0.2) is 0 Å². The summed E-state index contributed by atoms with van der Waals surface area (Å²) in [6.45, 7) is 7.86. The van der Waals surface area contributed by atoms with E-state index >= 15 is 0 Å². The van der Waals surface area contributed by atoms with E-state index in [1.165, 1.54) is 0 Å². The predicted molar refractivity (Wildman–Crippen MR) is 106 cm³/mol. The maximum Gasteiger partial charge on any atom is 0.314 e. The zero-order chi connectivity index (χ0) is 20.2. The molecule has 0 saturated carbocycles. The Labute approximate surface area is 162 Å².